The molecule has 2 aromatic carbocycles. The zero-order chi connectivity index (χ0) is 16.5. The molecule has 120 valence electrons. The molecule has 1 aliphatic rings. The van der Waals surface area contributed by atoms with E-state index in [9.17, 15) is 9.59 Å². The molecule has 0 bridgehead atoms. The Morgan fingerprint density at radius 1 is 1.17 bits per heavy atom. The number of carbonyl (C=O) groups excluding carboxylic acids is 1. The first kappa shape index (κ1) is 14.6. The minimum Gasteiger partial charge on any atom is -0.348 e. The Labute approximate surface area is 139 Å². The van der Waals surface area contributed by atoms with Crippen LogP contribution < -0.4 is 10.9 Å². The van der Waals surface area contributed by atoms with E-state index in [1.165, 1.54) is 21.9 Å². The average Bonchev–Trinajstić information content (AvgIpc) is 3.01. The van der Waals surface area contributed by atoms with E-state index in [-0.39, 0.29) is 24.1 Å². The second-order valence-corrected chi connectivity index (χ2v) is 6.03. The third-order valence-corrected chi connectivity index (χ3v) is 4.52. The van der Waals surface area contributed by atoms with Crippen molar-refractivity contribution in [2.24, 2.45) is 0 Å². The minimum absolute atomic E-state index is 0.000529. The monoisotopic (exact) mass is 319 g/mol. The van der Waals surface area contributed by atoms with Gasteiger partial charge in [-0.25, -0.2) is 4.98 Å². The van der Waals surface area contributed by atoms with Crippen molar-refractivity contribution in [2.75, 3.05) is 0 Å². The molecule has 1 amide bonds. The molecule has 1 aliphatic carbocycles. The fraction of sp³-hybridized carbons (Fsp3) is 0.211. The molecule has 0 unspecified atom stereocenters. The summed E-state index contributed by atoms with van der Waals surface area (Å²) in [4.78, 5) is 28.7. The number of hydrogen-bond acceptors (Lipinski definition) is 3. The van der Waals surface area contributed by atoms with Crippen LogP contribution in [0.1, 0.15) is 23.6 Å². The van der Waals surface area contributed by atoms with Gasteiger partial charge >= 0.3 is 0 Å². The smallest absolute Gasteiger partial charge is 0.269 e. The van der Waals surface area contributed by atoms with Crippen LogP contribution in [0.25, 0.3) is 11.0 Å². The fourth-order valence-corrected chi connectivity index (χ4v) is 3.37. The van der Waals surface area contributed by atoms with Crippen molar-refractivity contribution in [3.8, 4) is 0 Å². The number of hydrogen-bond donors (Lipinski definition) is 1. The third-order valence-electron chi connectivity index (χ3n) is 4.52. The van der Waals surface area contributed by atoms with Crippen molar-refractivity contribution in [1.82, 2.24) is 14.9 Å². The first-order valence-corrected chi connectivity index (χ1v) is 8.04. The quantitative estimate of drug-likeness (QED) is 0.805. The van der Waals surface area contributed by atoms with Gasteiger partial charge in [-0.05, 0) is 36.1 Å². The van der Waals surface area contributed by atoms with Gasteiger partial charge in [-0.15, -0.1) is 0 Å². The Morgan fingerprint density at radius 3 is 2.88 bits per heavy atom. The number of fused-ring (bicyclic) bond motifs is 2. The molecule has 1 N–H and O–H groups in total. The Kier molecular flexibility index (Phi) is 3.61. The van der Waals surface area contributed by atoms with Gasteiger partial charge in [-0.1, -0.05) is 36.4 Å². The summed E-state index contributed by atoms with van der Waals surface area (Å²) in [5.74, 6) is -0.157. The minimum atomic E-state index is -0.268. The van der Waals surface area contributed by atoms with E-state index in [2.05, 4.69) is 22.4 Å². The summed E-state index contributed by atoms with van der Waals surface area (Å²) < 4.78 is 1.47. The number of rotatable bonds is 3. The highest BCUT2D eigenvalue weighted by molar-refractivity contribution is 5.80. The normalized spacial score (nSPS) is 16.1. The molecule has 1 heterocycles. The van der Waals surface area contributed by atoms with E-state index in [4.69, 9.17) is 0 Å². The number of carbonyl (C=O) groups is 1. The molecule has 0 saturated carbocycles. The predicted molar refractivity (Wildman–Crippen MR) is 91.6 cm³/mol. The lowest BCUT2D eigenvalue weighted by Crippen LogP contribution is -2.34. The molecular formula is C19H17N3O2. The lowest BCUT2D eigenvalue weighted by molar-refractivity contribution is -0.122. The van der Waals surface area contributed by atoms with Gasteiger partial charge in [0.15, 0.2) is 0 Å². The highest BCUT2D eigenvalue weighted by Crippen LogP contribution is 2.30. The molecular weight excluding hydrogens is 302 g/mol. The van der Waals surface area contributed by atoms with Crippen molar-refractivity contribution in [3.05, 3.63) is 76.2 Å². The zero-order valence-electron chi connectivity index (χ0n) is 13.1. The molecule has 1 atom stereocenters. The van der Waals surface area contributed by atoms with Crippen LogP contribution in [0.5, 0.6) is 0 Å². The van der Waals surface area contributed by atoms with Gasteiger partial charge in [0.05, 0.1) is 23.3 Å². The van der Waals surface area contributed by atoms with Crippen LogP contribution in [-0.2, 0) is 17.8 Å². The van der Waals surface area contributed by atoms with Crippen LogP contribution >= 0.6 is 0 Å². The van der Waals surface area contributed by atoms with Crippen LogP contribution in [0.4, 0.5) is 0 Å². The number of nitrogens with one attached hydrogen (secondary N) is 1. The molecule has 5 heteroatoms. The summed E-state index contributed by atoms with van der Waals surface area (Å²) >= 11 is 0. The molecule has 0 fully saturated rings. The van der Waals surface area contributed by atoms with Crippen molar-refractivity contribution in [2.45, 2.75) is 25.4 Å². The lowest BCUT2D eigenvalue weighted by Gasteiger charge is -2.15. The Morgan fingerprint density at radius 2 is 1.96 bits per heavy atom. The van der Waals surface area contributed by atoms with Gasteiger partial charge in [-0.3, -0.25) is 14.2 Å². The summed E-state index contributed by atoms with van der Waals surface area (Å²) in [6.45, 7) is 0.000529. The maximum absolute atomic E-state index is 12.5. The number of benzene rings is 2. The SMILES string of the molecule is O=C(Cn1c(=O)cnc2ccccc21)N[C@H]1CCc2ccccc21. The first-order valence-electron chi connectivity index (χ1n) is 8.04. The van der Waals surface area contributed by atoms with Crippen LogP contribution in [-0.4, -0.2) is 15.5 Å². The fourth-order valence-electron chi connectivity index (χ4n) is 3.37. The summed E-state index contributed by atoms with van der Waals surface area (Å²) in [6, 6.07) is 15.5. The predicted octanol–water partition coefficient (Wildman–Crippen LogP) is 2.20. The number of amides is 1. The van der Waals surface area contributed by atoms with Crippen LogP contribution in [0.15, 0.2) is 59.5 Å². The zero-order valence-corrected chi connectivity index (χ0v) is 13.1. The van der Waals surface area contributed by atoms with E-state index in [1.807, 2.05) is 36.4 Å². The van der Waals surface area contributed by atoms with E-state index < -0.39 is 0 Å². The summed E-state index contributed by atoms with van der Waals surface area (Å²) in [5, 5.41) is 3.06. The standard InChI is InChI=1S/C19H17N3O2/c23-18(21-15-10-9-13-5-1-2-6-14(13)15)12-22-17-8-4-3-7-16(17)20-11-19(22)24/h1-8,11,15H,9-10,12H2,(H,21,23)/t15-/m0/s1. The van der Waals surface area contributed by atoms with Gasteiger partial charge in [-0.2, -0.15) is 0 Å². The maximum atomic E-state index is 12.5. The molecule has 0 radical (unpaired) electrons. The van der Waals surface area contributed by atoms with Gasteiger partial charge in [0, 0.05) is 0 Å². The average molecular weight is 319 g/mol. The second kappa shape index (κ2) is 5.92. The lowest BCUT2D eigenvalue weighted by atomic mass is 10.1. The van der Waals surface area contributed by atoms with E-state index in [1.54, 1.807) is 0 Å². The van der Waals surface area contributed by atoms with E-state index >= 15 is 0 Å². The van der Waals surface area contributed by atoms with Crippen LogP contribution in [0.3, 0.4) is 0 Å². The molecule has 4 rings (SSSR count). The van der Waals surface area contributed by atoms with Crippen molar-refractivity contribution < 1.29 is 4.79 Å². The first-order chi connectivity index (χ1) is 11.7. The summed E-state index contributed by atoms with van der Waals surface area (Å²) in [7, 11) is 0. The molecule has 3 aromatic rings. The van der Waals surface area contributed by atoms with Gasteiger partial charge < -0.3 is 5.32 Å². The summed E-state index contributed by atoms with van der Waals surface area (Å²) in [5.41, 5.74) is 3.57. The maximum Gasteiger partial charge on any atom is 0.269 e. The number of nitrogens with zero attached hydrogens (tertiary/aromatic N) is 2. The third kappa shape index (κ3) is 2.58. The Balaban J connectivity index is 1.58. The Bertz CT molecular complexity index is 978. The second-order valence-electron chi connectivity index (χ2n) is 6.03. The van der Waals surface area contributed by atoms with Crippen molar-refractivity contribution in [3.63, 3.8) is 0 Å². The van der Waals surface area contributed by atoms with Gasteiger partial charge in [0.2, 0.25) is 5.91 Å². The highest BCUT2D eigenvalue weighted by Gasteiger charge is 2.23. The molecule has 1 aromatic heterocycles. The van der Waals surface area contributed by atoms with Crippen molar-refractivity contribution >= 4 is 16.9 Å². The summed E-state index contributed by atoms with van der Waals surface area (Å²) in [6.07, 6.45) is 3.14. The molecule has 24 heavy (non-hydrogen) atoms. The number of para-hydroxylation sites is 2. The molecule has 0 aliphatic heterocycles. The van der Waals surface area contributed by atoms with Crippen LogP contribution in [0.2, 0.25) is 0 Å². The van der Waals surface area contributed by atoms with E-state index in [0.717, 1.165) is 12.8 Å². The number of aromatic nitrogens is 2. The van der Waals surface area contributed by atoms with E-state index in [0.29, 0.717) is 11.0 Å². The van der Waals surface area contributed by atoms with Gasteiger partial charge in [0.25, 0.3) is 5.56 Å². The molecule has 0 saturated heterocycles. The van der Waals surface area contributed by atoms with Crippen molar-refractivity contribution in [1.29, 1.82) is 0 Å². The topological polar surface area (TPSA) is 64.0 Å². The molecule has 5 nitrogen and oxygen atoms in total. The molecule has 0 spiro atoms. The highest BCUT2D eigenvalue weighted by atomic mass is 16.2. The number of aryl methyl sites for hydroxylation is 1. The largest absolute Gasteiger partial charge is 0.348 e. The van der Waals surface area contributed by atoms with Gasteiger partial charge in [0.1, 0.15) is 6.54 Å². The Hall–Kier alpha value is -2.95. The van der Waals surface area contributed by atoms with Crippen LogP contribution in [0, 0.1) is 0 Å².